The summed E-state index contributed by atoms with van der Waals surface area (Å²) in [4.78, 5) is 23.8. The van der Waals surface area contributed by atoms with E-state index in [-0.39, 0.29) is 11.9 Å². The predicted octanol–water partition coefficient (Wildman–Crippen LogP) is 3.36. The van der Waals surface area contributed by atoms with Gasteiger partial charge >= 0.3 is 0 Å². The zero-order chi connectivity index (χ0) is 18.1. The van der Waals surface area contributed by atoms with Gasteiger partial charge in [-0.15, -0.1) is 11.3 Å². The molecule has 0 aliphatic rings. The molecule has 1 amide bonds. The van der Waals surface area contributed by atoms with Gasteiger partial charge in [0.2, 0.25) is 0 Å². The van der Waals surface area contributed by atoms with Crippen LogP contribution >= 0.6 is 11.3 Å². The molecule has 0 aliphatic heterocycles. The minimum atomic E-state index is -0.184. The molecule has 0 unspecified atom stereocenters. The Morgan fingerprint density at radius 1 is 1.38 bits per heavy atom. The summed E-state index contributed by atoms with van der Waals surface area (Å²) in [5, 5.41) is 3.95. The van der Waals surface area contributed by atoms with Crippen molar-refractivity contribution in [3.63, 3.8) is 0 Å². The van der Waals surface area contributed by atoms with Crippen molar-refractivity contribution in [2.75, 3.05) is 7.05 Å². The number of imidazole rings is 1. The quantitative estimate of drug-likeness (QED) is 0.540. The molecule has 0 N–H and O–H groups in total. The second-order valence-corrected chi connectivity index (χ2v) is 6.95. The van der Waals surface area contributed by atoms with E-state index in [1.54, 1.807) is 36.0 Å². The number of carbonyl (C=O) groups is 1. The Kier molecular flexibility index (Phi) is 4.26. The van der Waals surface area contributed by atoms with E-state index >= 15 is 0 Å². The molecular weight excluding hydrogens is 350 g/mol. The third-order valence-electron chi connectivity index (χ3n) is 4.40. The van der Waals surface area contributed by atoms with Gasteiger partial charge in [-0.3, -0.25) is 9.78 Å². The Hall–Kier alpha value is -3.00. The molecule has 4 aromatic rings. The first-order valence-corrected chi connectivity index (χ1v) is 9.02. The highest BCUT2D eigenvalue weighted by Crippen LogP contribution is 2.23. The molecule has 4 rings (SSSR count). The van der Waals surface area contributed by atoms with Crippen molar-refractivity contribution in [1.29, 1.82) is 0 Å². The van der Waals surface area contributed by atoms with Gasteiger partial charge in [0.05, 0.1) is 35.5 Å². The average molecular weight is 367 g/mol. The number of amides is 1. The predicted molar refractivity (Wildman–Crippen MR) is 98.0 cm³/mol. The minimum absolute atomic E-state index is 0.0762. The van der Waals surface area contributed by atoms with Gasteiger partial charge in [0.25, 0.3) is 5.91 Å². The van der Waals surface area contributed by atoms with Gasteiger partial charge < -0.3 is 14.0 Å². The molecule has 0 saturated heterocycles. The number of rotatable bonds is 5. The van der Waals surface area contributed by atoms with E-state index in [0.717, 1.165) is 15.9 Å². The van der Waals surface area contributed by atoms with Crippen molar-refractivity contribution in [1.82, 2.24) is 24.6 Å². The number of hydrogen-bond donors (Lipinski definition) is 0. The van der Waals surface area contributed by atoms with E-state index < -0.39 is 0 Å². The van der Waals surface area contributed by atoms with Crippen molar-refractivity contribution in [2.45, 2.75) is 19.5 Å². The van der Waals surface area contributed by atoms with Crippen LogP contribution in [0.25, 0.3) is 11.0 Å². The first-order valence-electron chi connectivity index (χ1n) is 8.14. The van der Waals surface area contributed by atoms with E-state index in [1.807, 2.05) is 35.8 Å². The first-order chi connectivity index (χ1) is 12.6. The topological polar surface area (TPSA) is 77.0 Å². The van der Waals surface area contributed by atoms with E-state index in [9.17, 15) is 4.79 Å². The van der Waals surface area contributed by atoms with Gasteiger partial charge in [0.15, 0.2) is 11.5 Å². The highest BCUT2D eigenvalue weighted by Gasteiger charge is 2.23. The Morgan fingerprint density at radius 3 is 3.04 bits per heavy atom. The Labute approximate surface area is 153 Å². The maximum Gasteiger partial charge on any atom is 0.276 e. The zero-order valence-electron chi connectivity index (χ0n) is 14.4. The third kappa shape index (κ3) is 2.99. The highest BCUT2D eigenvalue weighted by molar-refractivity contribution is 7.09. The van der Waals surface area contributed by atoms with Gasteiger partial charge in [-0.05, 0) is 19.1 Å². The number of fused-ring (bicyclic) bond motifs is 1. The largest absolute Gasteiger partial charge is 0.359 e. The second-order valence-electron chi connectivity index (χ2n) is 6.04. The summed E-state index contributed by atoms with van der Waals surface area (Å²) in [5.74, 6) is 0.423. The van der Waals surface area contributed by atoms with Crippen molar-refractivity contribution in [3.8, 4) is 0 Å². The number of benzene rings is 1. The van der Waals surface area contributed by atoms with Crippen LogP contribution in [0.15, 0.2) is 52.9 Å². The maximum atomic E-state index is 12.7. The molecule has 8 heteroatoms. The van der Waals surface area contributed by atoms with Crippen molar-refractivity contribution >= 4 is 28.3 Å². The SMILES string of the molecule is C[C@H](c1cncs1)N(C)C(=O)c1cc(Cn2cnc3ccccc32)on1. The van der Waals surface area contributed by atoms with E-state index in [0.29, 0.717) is 18.0 Å². The molecule has 0 fully saturated rings. The van der Waals surface area contributed by atoms with E-state index in [2.05, 4.69) is 15.1 Å². The van der Waals surface area contributed by atoms with Gasteiger partial charge in [0, 0.05) is 24.2 Å². The van der Waals surface area contributed by atoms with E-state index in [4.69, 9.17) is 4.52 Å². The summed E-state index contributed by atoms with van der Waals surface area (Å²) >= 11 is 1.52. The van der Waals surface area contributed by atoms with Crippen LogP contribution in [0, 0.1) is 0 Å². The number of aromatic nitrogens is 4. The van der Waals surface area contributed by atoms with Crippen LogP contribution < -0.4 is 0 Å². The molecule has 7 nitrogen and oxygen atoms in total. The standard InChI is InChI=1S/C18H17N5O2S/c1-12(17-8-19-11-26-17)22(2)18(24)15-7-13(25-21-15)9-23-10-20-14-5-3-4-6-16(14)23/h3-8,10-12H,9H2,1-2H3/t12-/m1/s1. The average Bonchev–Trinajstić information content (AvgIpc) is 3.41. The summed E-state index contributed by atoms with van der Waals surface area (Å²) in [6.07, 6.45) is 3.53. The molecule has 0 bridgehead atoms. The Balaban J connectivity index is 1.51. The molecule has 0 spiro atoms. The lowest BCUT2D eigenvalue weighted by atomic mass is 10.2. The lowest BCUT2D eigenvalue weighted by Gasteiger charge is -2.22. The van der Waals surface area contributed by atoms with Crippen LogP contribution in [-0.2, 0) is 6.54 Å². The number of hydrogen-bond acceptors (Lipinski definition) is 6. The summed E-state index contributed by atoms with van der Waals surface area (Å²) in [6, 6.07) is 9.48. The zero-order valence-corrected chi connectivity index (χ0v) is 15.2. The molecule has 1 atom stereocenters. The van der Waals surface area contributed by atoms with Gasteiger partial charge in [0.1, 0.15) is 0 Å². The molecule has 1 aromatic carbocycles. The Bertz CT molecular complexity index is 1040. The lowest BCUT2D eigenvalue weighted by molar-refractivity contribution is 0.0734. The minimum Gasteiger partial charge on any atom is -0.359 e. The van der Waals surface area contributed by atoms with Crippen molar-refractivity contribution in [3.05, 3.63) is 64.7 Å². The first kappa shape index (κ1) is 16.5. The van der Waals surface area contributed by atoms with Gasteiger partial charge in [-0.1, -0.05) is 17.3 Å². The second kappa shape index (κ2) is 6.72. The maximum absolute atomic E-state index is 12.7. The van der Waals surface area contributed by atoms with Crippen LogP contribution in [0.2, 0.25) is 0 Å². The molecule has 0 saturated carbocycles. The number of carbonyl (C=O) groups excluding carboxylic acids is 1. The van der Waals surface area contributed by atoms with Crippen LogP contribution in [0.4, 0.5) is 0 Å². The normalized spacial score (nSPS) is 12.4. The number of thiazole rings is 1. The monoisotopic (exact) mass is 367 g/mol. The summed E-state index contributed by atoms with van der Waals surface area (Å²) in [6.45, 7) is 2.43. The third-order valence-corrected chi connectivity index (χ3v) is 5.34. The molecule has 3 aromatic heterocycles. The van der Waals surface area contributed by atoms with Gasteiger partial charge in [-0.25, -0.2) is 4.98 Å². The fourth-order valence-electron chi connectivity index (χ4n) is 2.77. The lowest BCUT2D eigenvalue weighted by Crippen LogP contribution is -2.29. The van der Waals surface area contributed by atoms with Crippen LogP contribution in [0.5, 0.6) is 0 Å². The molecular formula is C18H17N5O2S. The van der Waals surface area contributed by atoms with Crippen molar-refractivity contribution < 1.29 is 9.32 Å². The molecule has 0 aliphatic carbocycles. The summed E-state index contributed by atoms with van der Waals surface area (Å²) in [5.41, 5.74) is 3.98. The summed E-state index contributed by atoms with van der Waals surface area (Å²) in [7, 11) is 1.75. The van der Waals surface area contributed by atoms with Crippen molar-refractivity contribution in [2.24, 2.45) is 0 Å². The molecule has 0 radical (unpaired) electrons. The molecule has 26 heavy (non-hydrogen) atoms. The fraction of sp³-hybridized carbons (Fsp3) is 0.222. The number of para-hydroxylation sites is 2. The highest BCUT2D eigenvalue weighted by atomic mass is 32.1. The van der Waals surface area contributed by atoms with Crippen LogP contribution in [0.1, 0.15) is 34.1 Å². The fourth-order valence-corrected chi connectivity index (χ4v) is 3.49. The van der Waals surface area contributed by atoms with Crippen LogP contribution in [0.3, 0.4) is 0 Å². The van der Waals surface area contributed by atoms with E-state index in [1.165, 1.54) is 11.3 Å². The molecule has 132 valence electrons. The Morgan fingerprint density at radius 2 is 2.23 bits per heavy atom. The summed E-state index contributed by atoms with van der Waals surface area (Å²) < 4.78 is 7.34. The smallest absolute Gasteiger partial charge is 0.276 e. The van der Waals surface area contributed by atoms with Gasteiger partial charge in [-0.2, -0.15) is 0 Å². The van der Waals surface area contributed by atoms with Crippen LogP contribution in [-0.4, -0.2) is 37.5 Å². The number of nitrogens with zero attached hydrogens (tertiary/aromatic N) is 5. The molecule has 3 heterocycles.